The third-order valence-corrected chi connectivity index (χ3v) is 3.71. The fourth-order valence-corrected chi connectivity index (χ4v) is 2.40. The van der Waals surface area contributed by atoms with Crippen molar-refractivity contribution in [3.05, 3.63) is 64.0 Å². The lowest BCUT2D eigenvalue weighted by Crippen LogP contribution is -1.91. The number of fused-ring (bicyclic) bond motifs is 1. The molecule has 110 valence electrons. The first-order chi connectivity index (χ1) is 10.7. The van der Waals surface area contributed by atoms with E-state index in [1.54, 1.807) is 7.11 Å². The Kier molecular flexibility index (Phi) is 4.27. The molecular formula is C17H12Cl2N2O. The highest BCUT2D eigenvalue weighted by molar-refractivity contribution is 6.34. The van der Waals surface area contributed by atoms with Crippen molar-refractivity contribution in [2.45, 2.75) is 0 Å². The molecule has 0 fully saturated rings. The van der Waals surface area contributed by atoms with E-state index in [1.165, 1.54) is 0 Å². The lowest BCUT2D eigenvalue weighted by Gasteiger charge is -2.04. The van der Waals surface area contributed by atoms with Crippen LogP contribution in [0.3, 0.4) is 0 Å². The van der Waals surface area contributed by atoms with Gasteiger partial charge in [-0.15, -0.1) is 0 Å². The maximum atomic E-state index is 6.24. The molecule has 0 saturated heterocycles. The van der Waals surface area contributed by atoms with Crippen molar-refractivity contribution in [1.82, 2.24) is 9.97 Å². The summed E-state index contributed by atoms with van der Waals surface area (Å²) in [5.41, 5.74) is 1.79. The van der Waals surface area contributed by atoms with E-state index in [4.69, 9.17) is 27.9 Å². The summed E-state index contributed by atoms with van der Waals surface area (Å²) in [4.78, 5) is 8.78. The summed E-state index contributed by atoms with van der Waals surface area (Å²) in [6, 6.07) is 13.0. The smallest absolute Gasteiger partial charge is 0.154 e. The van der Waals surface area contributed by atoms with Gasteiger partial charge in [0.05, 0.1) is 12.6 Å². The van der Waals surface area contributed by atoms with Gasteiger partial charge in [-0.05, 0) is 42.0 Å². The van der Waals surface area contributed by atoms with Crippen molar-refractivity contribution in [1.29, 1.82) is 0 Å². The highest BCUT2D eigenvalue weighted by atomic mass is 35.5. The maximum Gasteiger partial charge on any atom is 0.154 e. The molecule has 3 aromatic rings. The van der Waals surface area contributed by atoms with E-state index in [1.807, 2.05) is 54.6 Å². The molecule has 0 amide bonds. The van der Waals surface area contributed by atoms with Gasteiger partial charge in [0.2, 0.25) is 0 Å². The predicted molar refractivity (Wildman–Crippen MR) is 91.5 cm³/mol. The van der Waals surface area contributed by atoms with Crippen LogP contribution in [0.4, 0.5) is 0 Å². The Labute approximate surface area is 138 Å². The van der Waals surface area contributed by atoms with Crippen molar-refractivity contribution >= 4 is 46.3 Å². The van der Waals surface area contributed by atoms with Gasteiger partial charge < -0.3 is 4.74 Å². The van der Waals surface area contributed by atoms with Gasteiger partial charge in [0.25, 0.3) is 0 Å². The van der Waals surface area contributed by atoms with Gasteiger partial charge in [0.15, 0.2) is 5.82 Å². The Balaban J connectivity index is 1.96. The van der Waals surface area contributed by atoms with E-state index in [0.717, 1.165) is 22.2 Å². The predicted octanol–water partition coefficient (Wildman–Crippen LogP) is 5.12. The molecular weight excluding hydrogens is 319 g/mol. The molecule has 0 aliphatic rings. The molecule has 0 N–H and O–H groups in total. The Bertz CT molecular complexity index is 845. The molecule has 3 nitrogen and oxygen atoms in total. The lowest BCUT2D eigenvalue weighted by atomic mass is 10.2. The zero-order valence-corrected chi connectivity index (χ0v) is 13.3. The first-order valence-corrected chi connectivity index (χ1v) is 7.36. The molecule has 22 heavy (non-hydrogen) atoms. The van der Waals surface area contributed by atoms with Gasteiger partial charge in [-0.3, -0.25) is 0 Å². The molecule has 0 unspecified atom stereocenters. The quantitative estimate of drug-likeness (QED) is 0.625. The number of aromatic nitrogens is 2. The molecule has 2 aromatic carbocycles. The van der Waals surface area contributed by atoms with Crippen LogP contribution in [-0.4, -0.2) is 17.1 Å². The molecule has 3 rings (SSSR count). The molecule has 0 saturated carbocycles. The highest BCUT2D eigenvalue weighted by Gasteiger charge is 2.05. The Morgan fingerprint density at radius 3 is 2.45 bits per heavy atom. The number of methoxy groups -OCH3 is 1. The molecule has 0 atom stereocenters. The first-order valence-electron chi connectivity index (χ1n) is 6.60. The second-order valence-electron chi connectivity index (χ2n) is 4.64. The second-order valence-corrected chi connectivity index (χ2v) is 5.44. The minimum Gasteiger partial charge on any atom is -0.497 e. The molecule has 1 heterocycles. The zero-order chi connectivity index (χ0) is 15.5. The largest absolute Gasteiger partial charge is 0.497 e. The SMILES string of the molecule is COc1ccc2nc(/C=C/c3ccc(Cl)cc3)nc(Cl)c2c1. The van der Waals surface area contributed by atoms with E-state index in [2.05, 4.69) is 9.97 Å². The van der Waals surface area contributed by atoms with Crippen LogP contribution in [-0.2, 0) is 0 Å². The maximum absolute atomic E-state index is 6.24. The third kappa shape index (κ3) is 3.21. The summed E-state index contributed by atoms with van der Waals surface area (Å²) in [6.07, 6.45) is 3.73. The highest BCUT2D eigenvalue weighted by Crippen LogP contribution is 2.25. The minimum absolute atomic E-state index is 0.402. The van der Waals surface area contributed by atoms with Crippen LogP contribution in [0.1, 0.15) is 11.4 Å². The molecule has 0 bridgehead atoms. The molecule has 0 aliphatic heterocycles. The summed E-state index contributed by atoms with van der Waals surface area (Å²) in [5.74, 6) is 1.28. The number of nitrogens with zero attached hydrogens (tertiary/aromatic N) is 2. The average molecular weight is 331 g/mol. The zero-order valence-electron chi connectivity index (χ0n) is 11.8. The molecule has 1 aromatic heterocycles. The van der Waals surface area contributed by atoms with E-state index < -0.39 is 0 Å². The minimum atomic E-state index is 0.402. The fourth-order valence-electron chi connectivity index (χ4n) is 2.03. The number of hydrogen-bond donors (Lipinski definition) is 0. The third-order valence-electron chi connectivity index (χ3n) is 3.17. The number of benzene rings is 2. The number of hydrogen-bond acceptors (Lipinski definition) is 3. The van der Waals surface area contributed by atoms with Crippen LogP contribution in [0.25, 0.3) is 23.1 Å². The van der Waals surface area contributed by atoms with E-state index in [0.29, 0.717) is 16.0 Å². The van der Waals surface area contributed by atoms with Crippen molar-refractivity contribution in [3.8, 4) is 5.75 Å². The summed E-state index contributed by atoms with van der Waals surface area (Å²) >= 11 is 12.1. The van der Waals surface area contributed by atoms with Crippen molar-refractivity contribution in [3.63, 3.8) is 0 Å². The summed E-state index contributed by atoms with van der Waals surface area (Å²) < 4.78 is 5.18. The molecule has 5 heteroatoms. The van der Waals surface area contributed by atoms with Crippen molar-refractivity contribution in [2.75, 3.05) is 7.11 Å². The summed E-state index contributed by atoms with van der Waals surface area (Å²) in [6.45, 7) is 0. The van der Waals surface area contributed by atoms with E-state index >= 15 is 0 Å². The standard InChI is InChI=1S/C17H12Cl2N2O/c1-22-13-7-8-15-14(10-13)17(19)21-16(20-15)9-4-11-2-5-12(18)6-3-11/h2-10H,1H3/b9-4+. The van der Waals surface area contributed by atoms with Gasteiger partial charge >= 0.3 is 0 Å². The van der Waals surface area contributed by atoms with Gasteiger partial charge in [0, 0.05) is 10.4 Å². The van der Waals surface area contributed by atoms with Crippen LogP contribution >= 0.6 is 23.2 Å². The van der Waals surface area contributed by atoms with E-state index in [9.17, 15) is 0 Å². The normalized spacial score (nSPS) is 11.2. The fraction of sp³-hybridized carbons (Fsp3) is 0.0588. The van der Waals surface area contributed by atoms with Crippen molar-refractivity contribution in [2.24, 2.45) is 0 Å². The Morgan fingerprint density at radius 1 is 0.955 bits per heavy atom. The van der Waals surface area contributed by atoms with Crippen LogP contribution in [0.5, 0.6) is 5.75 Å². The lowest BCUT2D eigenvalue weighted by molar-refractivity contribution is 0.415. The number of halogens is 2. The van der Waals surface area contributed by atoms with Gasteiger partial charge in [-0.2, -0.15) is 0 Å². The van der Waals surface area contributed by atoms with Crippen LogP contribution < -0.4 is 4.74 Å². The number of ether oxygens (including phenoxy) is 1. The monoisotopic (exact) mass is 330 g/mol. The van der Waals surface area contributed by atoms with Crippen molar-refractivity contribution < 1.29 is 4.74 Å². The average Bonchev–Trinajstić information content (AvgIpc) is 2.54. The summed E-state index contributed by atoms with van der Waals surface area (Å²) in [7, 11) is 1.61. The van der Waals surface area contributed by atoms with E-state index in [-0.39, 0.29) is 0 Å². The summed E-state index contributed by atoms with van der Waals surface area (Å²) in [5, 5.41) is 1.88. The second kappa shape index (κ2) is 6.34. The molecule has 0 radical (unpaired) electrons. The van der Waals surface area contributed by atoms with Gasteiger partial charge in [0.1, 0.15) is 10.9 Å². The molecule has 0 aliphatic carbocycles. The first kappa shape index (κ1) is 14.8. The van der Waals surface area contributed by atoms with Gasteiger partial charge in [-0.1, -0.05) is 41.4 Å². The van der Waals surface area contributed by atoms with Gasteiger partial charge in [-0.25, -0.2) is 9.97 Å². The van der Waals surface area contributed by atoms with Crippen LogP contribution in [0.2, 0.25) is 10.2 Å². The Morgan fingerprint density at radius 2 is 1.73 bits per heavy atom. The van der Waals surface area contributed by atoms with Crippen LogP contribution in [0, 0.1) is 0 Å². The van der Waals surface area contributed by atoms with Crippen LogP contribution in [0.15, 0.2) is 42.5 Å². The topological polar surface area (TPSA) is 35.0 Å². The number of rotatable bonds is 3. The molecule has 0 spiro atoms. The Hall–Kier alpha value is -2.10.